The molecule has 21 heavy (non-hydrogen) atoms. The van der Waals surface area contributed by atoms with Gasteiger partial charge in [0.15, 0.2) is 4.77 Å². The van der Waals surface area contributed by atoms with Gasteiger partial charge in [-0.05, 0) is 62.0 Å². The second-order valence-corrected chi connectivity index (χ2v) is 5.17. The van der Waals surface area contributed by atoms with E-state index in [2.05, 4.69) is 4.98 Å². The summed E-state index contributed by atoms with van der Waals surface area (Å²) in [5.74, 6) is 0.541. The van der Waals surface area contributed by atoms with Crippen LogP contribution < -0.4 is 4.74 Å². The average molecular weight is 302 g/mol. The Morgan fingerprint density at radius 2 is 2.10 bits per heavy atom. The van der Waals surface area contributed by atoms with Crippen molar-refractivity contribution in [3.63, 3.8) is 0 Å². The Morgan fingerprint density at radius 3 is 2.81 bits per heavy atom. The van der Waals surface area contributed by atoms with Crippen LogP contribution in [0.2, 0.25) is 0 Å². The van der Waals surface area contributed by atoms with Crippen molar-refractivity contribution < 1.29 is 9.13 Å². The molecule has 0 unspecified atom stereocenters. The second kappa shape index (κ2) is 5.33. The molecule has 0 aliphatic rings. The van der Waals surface area contributed by atoms with Gasteiger partial charge < -0.3 is 9.72 Å². The van der Waals surface area contributed by atoms with Crippen LogP contribution in [-0.2, 0) is 0 Å². The van der Waals surface area contributed by atoms with Gasteiger partial charge in [0, 0.05) is 5.69 Å². The zero-order valence-corrected chi connectivity index (χ0v) is 12.6. The van der Waals surface area contributed by atoms with Crippen molar-refractivity contribution in [3.05, 3.63) is 52.5 Å². The molecule has 3 aromatic rings. The van der Waals surface area contributed by atoms with Crippen LogP contribution in [0.1, 0.15) is 12.5 Å². The number of benzene rings is 2. The first kappa shape index (κ1) is 13.8. The van der Waals surface area contributed by atoms with Crippen LogP contribution in [0.4, 0.5) is 4.39 Å². The van der Waals surface area contributed by atoms with E-state index in [0.29, 0.717) is 16.9 Å². The monoisotopic (exact) mass is 302 g/mol. The van der Waals surface area contributed by atoms with E-state index >= 15 is 0 Å². The Morgan fingerprint density at radius 1 is 1.29 bits per heavy atom. The number of nitrogens with one attached hydrogen (secondary N) is 1. The van der Waals surface area contributed by atoms with Crippen molar-refractivity contribution in [2.45, 2.75) is 13.8 Å². The Labute approximate surface area is 127 Å². The Hall–Kier alpha value is -2.14. The number of H-pyrrole nitrogens is 1. The van der Waals surface area contributed by atoms with Gasteiger partial charge in [-0.1, -0.05) is 6.07 Å². The standard InChI is InChI=1S/C16H15FN2OS/c1-3-20-14-6-4-5-13-15(14)18-16(21)19(13)11-7-8-12(17)10(2)9-11/h4-9H,3H2,1-2H3,(H,18,21). The van der Waals surface area contributed by atoms with E-state index in [4.69, 9.17) is 17.0 Å². The highest BCUT2D eigenvalue weighted by Crippen LogP contribution is 2.27. The number of rotatable bonds is 3. The summed E-state index contributed by atoms with van der Waals surface area (Å²) in [6.07, 6.45) is 0. The molecule has 0 aliphatic carbocycles. The minimum Gasteiger partial charge on any atom is -0.492 e. The fourth-order valence-corrected chi connectivity index (χ4v) is 2.71. The molecule has 3 rings (SSSR count). The number of nitrogens with zero attached hydrogens (tertiary/aromatic N) is 1. The zero-order valence-electron chi connectivity index (χ0n) is 11.8. The number of imidazole rings is 1. The van der Waals surface area contributed by atoms with Crippen LogP contribution in [0.25, 0.3) is 16.7 Å². The summed E-state index contributed by atoms with van der Waals surface area (Å²) in [6.45, 7) is 4.26. The molecule has 1 heterocycles. The van der Waals surface area contributed by atoms with Crippen molar-refractivity contribution in [2.75, 3.05) is 6.61 Å². The lowest BCUT2D eigenvalue weighted by molar-refractivity contribution is 0.343. The Kier molecular flexibility index (Phi) is 3.51. The van der Waals surface area contributed by atoms with Crippen LogP contribution in [0.15, 0.2) is 36.4 Å². The molecule has 0 amide bonds. The average Bonchev–Trinajstić information content (AvgIpc) is 2.80. The summed E-state index contributed by atoms with van der Waals surface area (Å²) in [4.78, 5) is 3.17. The number of hydrogen-bond donors (Lipinski definition) is 1. The number of hydrogen-bond acceptors (Lipinski definition) is 2. The van der Waals surface area contributed by atoms with Crippen molar-refractivity contribution in [1.29, 1.82) is 0 Å². The van der Waals surface area contributed by atoms with Crippen molar-refractivity contribution >= 4 is 23.3 Å². The molecular weight excluding hydrogens is 287 g/mol. The summed E-state index contributed by atoms with van der Waals surface area (Å²) in [5.41, 5.74) is 3.19. The lowest BCUT2D eigenvalue weighted by Crippen LogP contribution is -1.96. The maximum absolute atomic E-state index is 13.5. The van der Waals surface area contributed by atoms with Gasteiger partial charge in [0.2, 0.25) is 0 Å². The Bertz CT molecular complexity index is 866. The first-order valence-electron chi connectivity index (χ1n) is 6.75. The quantitative estimate of drug-likeness (QED) is 0.720. The summed E-state index contributed by atoms with van der Waals surface area (Å²) >= 11 is 5.41. The molecule has 0 spiro atoms. The third kappa shape index (κ3) is 2.34. The second-order valence-electron chi connectivity index (χ2n) is 4.78. The topological polar surface area (TPSA) is 29.9 Å². The van der Waals surface area contributed by atoms with Crippen LogP contribution in [-0.4, -0.2) is 16.2 Å². The number of para-hydroxylation sites is 1. The smallest absolute Gasteiger partial charge is 0.182 e. The fraction of sp³-hybridized carbons (Fsp3) is 0.188. The molecule has 0 saturated carbocycles. The molecule has 0 radical (unpaired) electrons. The highest BCUT2D eigenvalue weighted by Gasteiger charge is 2.11. The van der Waals surface area contributed by atoms with Gasteiger partial charge in [0.25, 0.3) is 0 Å². The van der Waals surface area contributed by atoms with E-state index < -0.39 is 0 Å². The van der Waals surface area contributed by atoms with Crippen LogP contribution in [0.5, 0.6) is 5.75 Å². The molecule has 1 aromatic heterocycles. The molecule has 1 N–H and O–H groups in total. The van der Waals surface area contributed by atoms with E-state index in [9.17, 15) is 4.39 Å². The van der Waals surface area contributed by atoms with Gasteiger partial charge in [-0.25, -0.2) is 4.39 Å². The molecule has 0 fully saturated rings. The highest BCUT2D eigenvalue weighted by atomic mass is 32.1. The fourth-order valence-electron chi connectivity index (χ4n) is 2.40. The van der Waals surface area contributed by atoms with Gasteiger partial charge in [0.1, 0.15) is 17.1 Å². The van der Waals surface area contributed by atoms with Crippen molar-refractivity contribution in [2.24, 2.45) is 0 Å². The van der Waals surface area contributed by atoms with E-state index in [1.54, 1.807) is 19.1 Å². The summed E-state index contributed by atoms with van der Waals surface area (Å²) < 4.78 is 21.5. The first-order chi connectivity index (χ1) is 10.1. The molecule has 0 bridgehead atoms. The molecule has 5 heteroatoms. The van der Waals surface area contributed by atoms with Gasteiger partial charge in [-0.3, -0.25) is 4.57 Å². The zero-order chi connectivity index (χ0) is 15.0. The number of aromatic amines is 1. The Balaban J connectivity index is 2.27. The van der Waals surface area contributed by atoms with Gasteiger partial charge >= 0.3 is 0 Å². The van der Waals surface area contributed by atoms with Gasteiger partial charge in [0.05, 0.1) is 12.1 Å². The van der Waals surface area contributed by atoms with Crippen LogP contribution >= 0.6 is 12.2 Å². The molecular formula is C16H15FN2OS. The molecule has 108 valence electrons. The van der Waals surface area contributed by atoms with E-state index in [0.717, 1.165) is 22.5 Å². The predicted octanol–water partition coefficient (Wildman–Crippen LogP) is 4.53. The van der Waals surface area contributed by atoms with Crippen molar-refractivity contribution in [3.8, 4) is 11.4 Å². The minimum absolute atomic E-state index is 0.222. The first-order valence-corrected chi connectivity index (χ1v) is 7.15. The number of fused-ring (bicyclic) bond motifs is 1. The summed E-state index contributed by atoms with van der Waals surface area (Å²) in [7, 11) is 0. The van der Waals surface area contributed by atoms with Crippen LogP contribution in [0, 0.1) is 17.5 Å². The normalized spacial score (nSPS) is 11.0. The van der Waals surface area contributed by atoms with E-state index in [1.807, 2.05) is 29.7 Å². The lowest BCUT2D eigenvalue weighted by atomic mass is 10.2. The maximum atomic E-state index is 13.5. The minimum atomic E-state index is -0.222. The third-order valence-corrected chi connectivity index (χ3v) is 3.66. The summed E-state index contributed by atoms with van der Waals surface area (Å²) in [5, 5.41) is 0. The lowest BCUT2D eigenvalue weighted by Gasteiger charge is -2.07. The molecule has 0 aliphatic heterocycles. The van der Waals surface area contributed by atoms with Crippen LogP contribution in [0.3, 0.4) is 0 Å². The number of ether oxygens (including phenoxy) is 1. The van der Waals surface area contributed by atoms with Crippen molar-refractivity contribution in [1.82, 2.24) is 9.55 Å². The molecule has 3 nitrogen and oxygen atoms in total. The number of aryl methyl sites for hydroxylation is 1. The third-order valence-electron chi connectivity index (χ3n) is 3.38. The van der Waals surface area contributed by atoms with Gasteiger partial charge in [-0.15, -0.1) is 0 Å². The molecule has 0 atom stereocenters. The number of halogens is 1. The van der Waals surface area contributed by atoms with E-state index in [1.165, 1.54) is 6.07 Å². The maximum Gasteiger partial charge on any atom is 0.182 e. The summed E-state index contributed by atoms with van der Waals surface area (Å²) in [6, 6.07) is 10.7. The predicted molar refractivity (Wildman–Crippen MR) is 84.3 cm³/mol. The number of aromatic nitrogens is 2. The molecule has 2 aromatic carbocycles. The van der Waals surface area contributed by atoms with Gasteiger partial charge in [-0.2, -0.15) is 0 Å². The SMILES string of the molecule is CCOc1cccc2c1[nH]c(=S)n2-c1ccc(F)c(C)c1. The molecule has 0 saturated heterocycles. The van der Waals surface area contributed by atoms with E-state index in [-0.39, 0.29) is 5.82 Å². The highest BCUT2D eigenvalue weighted by molar-refractivity contribution is 7.71. The largest absolute Gasteiger partial charge is 0.492 e.